The monoisotopic (exact) mass is 239 g/mol. The molecule has 1 aliphatic carbocycles. The maximum atomic E-state index is 9.87. The van der Waals surface area contributed by atoms with Crippen LogP contribution >= 0.6 is 0 Å². The molecule has 2 atom stereocenters. The van der Waals surface area contributed by atoms with E-state index in [9.17, 15) is 5.11 Å². The minimum Gasteiger partial charge on any atom is -0.393 e. The summed E-state index contributed by atoms with van der Waals surface area (Å²) >= 11 is 0. The number of aliphatic hydroxyl groups excluding tert-OH is 1. The Kier molecular flexibility index (Phi) is 4.14. The van der Waals surface area contributed by atoms with Crippen molar-refractivity contribution in [2.24, 2.45) is 17.3 Å². The van der Waals surface area contributed by atoms with Gasteiger partial charge in [-0.1, -0.05) is 27.2 Å². The van der Waals surface area contributed by atoms with Crippen molar-refractivity contribution in [2.75, 3.05) is 19.6 Å². The van der Waals surface area contributed by atoms with E-state index in [2.05, 4.69) is 25.7 Å². The number of aliphatic hydroxyl groups is 1. The van der Waals surface area contributed by atoms with Crippen LogP contribution < -0.4 is 0 Å². The lowest BCUT2D eigenvalue weighted by atomic mass is 9.75. The molecule has 1 heterocycles. The van der Waals surface area contributed by atoms with Crippen molar-refractivity contribution >= 4 is 0 Å². The Hall–Kier alpha value is -0.0800. The van der Waals surface area contributed by atoms with Gasteiger partial charge in [0.2, 0.25) is 0 Å². The first-order valence-corrected chi connectivity index (χ1v) is 7.37. The average Bonchev–Trinajstić information content (AvgIpc) is 2.64. The first-order valence-electron chi connectivity index (χ1n) is 7.37. The van der Waals surface area contributed by atoms with Crippen LogP contribution in [0.4, 0.5) is 0 Å². The molecule has 17 heavy (non-hydrogen) atoms. The Morgan fingerprint density at radius 3 is 2.18 bits per heavy atom. The van der Waals surface area contributed by atoms with Crippen LogP contribution in [0.1, 0.15) is 52.9 Å². The number of piperidine rings is 1. The minimum absolute atomic E-state index is 0.0182. The molecule has 0 spiro atoms. The predicted molar refractivity (Wildman–Crippen MR) is 72.0 cm³/mol. The van der Waals surface area contributed by atoms with Gasteiger partial charge in [0.25, 0.3) is 0 Å². The normalized spacial score (nSPS) is 33.2. The van der Waals surface area contributed by atoms with E-state index >= 15 is 0 Å². The van der Waals surface area contributed by atoms with Crippen molar-refractivity contribution in [3.63, 3.8) is 0 Å². The van der Waals surface area contributed by atoms with Gasteiger partial charge in [-0.15, -0.1) is 0 Å². The van der Waals surface area contributed by atoms with Gasteiger partial charge in [-0.05, 0) is 56.0 Å². The highest BCUT2D eigenvalue weighted by atomic mass is 16.3. The summed E-state index contributed by atoms with van der Waals surface area (Å²) in [6.45, 7) is 10.7. The maximum Gasteiger partial charge on any atom is 0.0580 e. The van der Waals surface area contributed by atoms with E-state index in [-0.39, 0.29) is 6.10 Å². The van der Waals surface area contributed by atoms with Crippen molar-refractivity contribution in [2.45, 2.75) is 59.0 Å². The summed E-state index contributed by atoms with van der Waals surface area (Å²) in [6.07, 6.45) is 6.15. The van der Waals surface area contributed by atoms with Crippen molar-refractivity contribution < 1.29 is 5.11 Å². The fourth-order valence-electron chi connectivity index (χ4n) is 3.54. The van der Waals surface area contributed by atoms with E-state index in [1.54, 1.807) is 0 Å². The maximum absolute atomic E-state index is 9.87. The molecule has 0 radical (unpaired) electrons. The van der Waals surface area contributed by atoms with Gasteiger partial charge >= 0.3 is 0 Å². The van der Waals surface area contributed by atoms with E-state index in [0.717, 1.165) is 18.9 Å². The van der Waals surface area contributed by atoms with Gasteiger partial charge < -0.3 is 10.0 Å². The van der Waals surface area contributed by atoms with E-state index in [1.807, 2.05) is 0 Å². The van der Waals surface area contributed by atoms with Crippen LogP contribution in [-0.2, 0) is 0 Å². The molecular weight excluding hydrogens is 210 g/mol. The molecule has 2 aliphatic rings. The molecular formula is C15H29NO. The SMILES string of the molecule is CC(C)(C)C1CCN(CC2CCCC2O)CC1. The molecule has 2 rings (SSSR count). The average molecular weight is 239 g/mol. The lowest BCUT2D eigenvalue weighted by Gasteiger charge is -2.39. The van der Waals surface area contributed by atoms with Crippen LogP contribution in [0.15, 0.2) is 0 Å². The number of likely N-dealkylation sites (tertiary alicyclic amines) is 1. The molecule has 2 unspecified atom stereocenters. The van der Waals surface area contributed by atoms with Crippen molar-refractivity contribution in [1.82, 2.24) is 4.90 Å². The standard InChI is InChI=1S/C15H29NO/c1-15(2,3)13-7-9-16(10-8-13)11-12-5-4-6-14(12)17/h12-14,17H,4-11H2,1-3H3. The summed E-state index contributed by atoms with van der Waals surface area (Å²) in [4.78, 5) is 2.58. The Morgan fingerprint density at radius 2 is 1.71 bits per heavy atom. The number of hydrogen-bond acceptors (Lipinski definition) is 2. The molecule has 1 saturated heterocycles. The molecule has 0 bridgehead atoms. The summed E-state index contributed by atoms with van der Waals surface area (Å²) in [5, 5.41) is 9.87. The molecule has 0 amide bonds. The van der Waals surface area contributed by atoms with Crippen LogP contribution in [0, 0.1) is 17.3 Å². The molecule has 2 heteroatoms. The fourth-order valence-corrected chi connectivity index (χ4v) is 3.54. The highest BCUT2D eigenvalue weighted by molar-refractivity contribution is 4.84. The third kappa shape index (κ3) is 3.45. The second kappa shape index (κ2) is 5.27. The second-order valence-corrected chi connectivity index (χ2v) is 7.20. The zero-order valence-electron chi connectivity index (χ0n) is 11.8. The van der Waals surface area contributed by atoms with Crippen molar-refractivity contribution in [3.05, 3.63) is 0 Å². The highest BCUT2D eigenvalue weighted by Crippen LogP contribution is 2.35. The molecule has 0 aromatic rings. The van der Waals surface area contributed by atoms with Crippen LogP contribution in [0.25, 0.3) is 0 Å². The van der Waals surface area contributed by atoms with Gasteiger partial charge in [0.1, 0.15) is 0 Å². The van der Waals surface area contributed by atoms with Crippen molar-refractivity contribution in [3.8, 4) is 0 Å². The first kappa shape index (κ1) is 13.4. The number of rotatable bonds is 2. The van der Waals surface area contributed by atoms with Crippen LogP contribution in [0.2, 0.25) is 0 Å². The van der Waals surface area contributed by atoms with Crippen LogP contribution in [-0.4, -0.2) is 35.7 Å². The topological polar surface area (TPSA) is 23.5 Å². The van der Waals surface area contributed by atoms with Gasteiger partial charge in [0.05, 0.1) is 6.10 Å². The van der Waals surface area contributed by atoms with Crippen LogP contribution in [0.3, 0.4) is 0 Å². The van der Waals surface area contributed by atoms with Crippen molar-refractivity contribution in [1.29, 1.82) is 0 Å². The fraction of sp³-hybridized carbons (Fsp3) is 1.00. The van der Waals surface area contributed by atoms with Gasteiger partial charge in [-0.2, -0.15) is 0 Å². The predicted octanol–water partition coefficient (Wildman–Crippen LogP) is 2.91. The third-order valence-corrected chi connectivity index (χ3v) is 4.92. The molecule has 100 valence electrons. The molecule has 1 aliphatic heterocycles. The smallest absolute Gasteiger partial charge is 0.0580 e. The summed E-state index contributed by atoms with van der Waals surface area (Å²) in [5.74, 6) is 1.44. The minimum atomic E-state index is -0.0182. The van der Waals surface area contributed by atoms with Gasteiger partial charge in [-0.3, -0.25) is 0 Å². The third-order valence-electron chi connectivity index (χ3n) is 4.92. The van der Waals surface area contributed by atoms with Crippen LogP contribution in [0.5, 0.6) is 0 Å². The van der Waals surface area contributed by atoms with Gasteiger partial charge in [-0.25, -0.2) is 0 Å². The Balaban J connectivity index is 1.76. The molecule has 1 saturated carbocycles. The Labute approximate surface area is 106 Å². The highest BCUT2D eigenvalue weighted by Gasteiger charge is 2.31. The Morgan fingerprint density at radius 1 is 1.06 bits per heavy atom. The first-order chi connectivity index (χ1) is 7.97. The zero-order valence-corrected chi connectivity index (χ0v) is 11.8. The lowest BCUT2D eigenvalue weighted by molar-refractivity contribution is 0.0675. The zero-order chi connectivity index (χ0) is 12.5. The van der Waals surface area contributed by atoms with E-state index in [0.29, 0.717) is 11.3 Å². The van der Waals surface area contributed by atoms with E-state index in [1.165, 1.54) is 38.8 Å². The molecule has 0 aromatic heterocycles. The molecule has 2 nitrogen and oxygen atoms in total. The number of hydrogen-bond donors (Lipinski definition) is 1. The van der Waals surface area contributed by atoms with E-state index < -0.39 is 0 Å². The van der Waals surface area contributed by atoms with E-state index in [4.69, 9.17) is 0 Å². The van der Waals surface area contributed by atoms with Gasteiger partial charge in [0, 0.05) is 6.54 Å². The largest absolute Gasteiger partial charge is 0.393 e. The second-order valence-electron chi connectivity index (χ2n) is 7.20. The Bertz CT molecular complexity index is 238. The summed E-state index contributed by atoms with van der Waals surface area (Å²) in [5.41, 5.74) is 0.471. The van der Waals surface area contributed by atoms with Gasteiger partial charge in [0.15, 0.2) is 0 Å². The number of nitrogens with zero attached hydrogens (tertiary/aromatic N) is 1. The summed E-state index contributed by atoms with van der Waals surface area (Å²) < 4.78 is 0. The summed E-state index contributed by atoms with van der Waals surface area (Å²) in [6, 6.07) is 0. The lowest BCUT2D eigenvalue weighted by Crippen LogP contribution is -2.41. The molecule has 0 aromatic carbocycles. The quantitative estimate of drug-likeness (QED) is 0.801. The molecule has 1 N–H and O–H groups in total. The summed E-state index contributed by atoms with van der Waals surface area (Å²) in [7, 11) is 0. The molecule has 2 fully saturated rings.